The van der Waals surface area contributed by atoms with Crippen molar-refractivity contribution in [2.24, 2.45) is 5.92 Å². The molecule has 1 fully saturated rings. The number of likely N-dealkylation sites (N-methyl/N-ethyl adjacent to an activating group) is 1. The summed E-state index contributed by atoms with van der Waals surface area (Å²) in [5.74, 6) is 0.832. The molecule has 0 spiro atoms. The molecular formula is C29H39N3O2. The lowest BCUT2D eigenvalue weighted by molar-refractivity contribution is 0.0521. The Labute approximate surface area is 204 Å². The second-order valence-corrected chi connectivity index (χ2v) is 10.6. The van der Waals surface area contributed by atoms with Gasteiger partial charge in [0.1, 0.15) is 0 Å². The largest absolute Gasteiger partial charge is 0.390 e. The number of fused-ring (bicyclic) bond motifs is 2. The first-order valence-corrected chi connectivity index (χ1v) is 13.2. The van der Waals surface area contributed by atoms with Crippen molar-refractivity contribution >= 4 is 11.6 Å². The van der Waals surface area contributed by atoms with Gasteiger partial charge >= 0.3 is 0 Å². The molecule has 0 saturated heterocycles. The van der Waals surface area contributed by atoms with Crippen LogP contribution in [-0.4, -0.2) is 66.7 Å². The van der Waals surface area contributed by atoms with Crippen LogP contribution in [0.25, 0.3) is 0 Å². The molecule has 2 aliphatic heterocycles. The molecule has 5 heteroatoms. The van der Waals surface area contributed by atoms with E-state index in [9.17, 15) is 9.90 Å². The molecule has 1 atom stereocenters. The van der Waals surface area contributed by atoms with Gasteiger partial charge in [-0.05, 0) is 47.6 Å². The van der Waals surface area contributed by atoms with Crippen LogP contribution in [0.2, 0.25) is 0 Å². The normalized spacial score (nSPS) is 20.6. The number of carbonyl (C=O) groups excluding carboxylic acids is 1. The molecule has 34 heavy (non-hydrogen) atoms. The van der Waals surface area contributed by atoms with E-state index in [0.717, 1.165) is 49.6 Å². The zero-order valence-electron chi connectivity index (χ0n) is 20.6. The van der Waals surface area contributed by atoms with Crippen LogP contribution < -0.4 is 4.90 Å². The monoisotopic (exact) mass is 461 g/mol. The summed E-state index contributed by atoms with van der Waals surface area (Å²) in [6, 6.07) is 15.0. The molecule has 1 N–H and O–H groups in total. The molecule has 3 aliphatic rings. The van der Waals surface area contributed by atoms with Crippen LogP contribution >= 0.6 is 0 Å². The van der Waals surface area contributed by atoms with Gasteiger partial charge in [0, 0.05) is 52.0 Å². The summed E-state index contributed by atoms with van der Waals surface area (Å²) in [4.78, 5) is 19.8. The van der Waals surface area contributed by atoms with E-state index >= 15 is 0 Å². The van der Waals surface area contributed by atoms with Crippen molar-refractivity contribution < 1.29 is 9.90 Å². The maximum atomic E-state index is 13.4. The van der Waals surface area contributed by atoms with Crippen molar-refractivity contribution in [3.05, 3.63) is 64.7 Å². The van der Waals surface area contributed by atoms with Crippen LogP contribution in [0.5, 0.6) is 0 Å². The van der Waals surface area contributed by atoms with Crippen LogP contribution in [-0.2, 0) is 19.4 Å². The van der Waals surface area contributed by atoms with Gasteiger partial charge in [0.25, 0.3) is 5.91 Å². The van der Waals surface area contributed by atoms with Crippen LogP contribution in [0.3, 0.4) is 0 Å². The summed E-state index contributed by atoms with van der Waals surface area (Å²) < 4.78 is 0. The van der Waals surface area contributed by atoms with Gasteiger partial charge < -0.3 is 14.9 Å². The zero-order chi connectivity index (χ0) is 23.5. The number of carbonyl (C=O) groups is 1. The molecule has 1 saturated carbocycles. The standard InChI is InChI=1S/C29H39N3O2/c1-30-15-16-32(21-26(33)20-31-14-13-24-9-5-6-10-25(24)19-31)29(34)27-12-11-23(18-28(27)30)17-22-7-3-2-4-8-22/h5-6,9-12,18,22,26,33H,2-4,7-8,13-17,19-21H2,1H3. The third-order valence-electron chi connectivity index (χ3n) is 8.06. The summed E-state index contributed by atoms with van der Waals surface area (Å²) in [6.45, 7) is 4.24. The molecule has 1 unspecified atom stereocenters. The van der Waals surface area contributed by atoms with Crippen LogP contribution in [0.4, 0.5) is 5.69 Å². The molecule has 5 nitrogen and oxygen atoms in total. The number of benzene rings is 2. The van der Waals surface area contributed by atoms with E-state index in [4.69, 9.17) is 0 Å². The SMILES string of the molecule is CN1CCN(CC(O)CN2CCc3ccccc3C2)C(=O)c2ccc(CC3CCCCC3)cc21. The van der Waals surface area contributed by atoms with E-state index in [2.05, 4.69) is 53.2 Å². The highest BCUT2D eigenvalue weighted by molar-refractivity contribution is 6.00. The smallest absolute Gasteiger partial charge is 0.256 e. The molecule has 0 radical (unpaired) electrons. The first kappa shape index (κ1) is 23.4. The van der Waals surface area contributed by atoms with Crippen molar-refractivity contribution in [1.29, 1.82) is 0 Å². The summed E-state index contributed by atoms with van der Waals surface area (Å²) in [6.07, 6.45) is 8.35. The number of hydrogen-bond acceptors (Lipinski definition) is 4. The predicted molar refractivity (Wildman–Crippen MR) is 137 cm³/mol. The van der Waals surface area contributed by atoms with E-state index < -0.39 is 6.10 Å². The van der Waals surface area contributed by atoms with E-state index in [1.807, 2.05) is 11.0 Å². The van der Waals surface area contributed by atoms with Crippen LogP contribution in [0.1, 0.15) is 59.2 Å². The maximum Gasteiger partial charge on any atom is 0.256 e. The number of aliphatic hydroxyl groups is 1. The lowest BCUT2D eigenvalue weighted by Gasteiger charge is -2.32. The fraction of sp³-hybridized carbons (Fsp3) is 0.552. The van der Waals surface area contributed by atoms with Gasteiger partial charge in [-0.1, -0.05) is 62.4 Å². The number of aliphatic hydroxyl groups excluding tert-OH is 1. The summed E-state index contributed by atoms with van der Waals surface area (Å²) in [5.41, 5.74) is 5.93. The van der Waals surface area contributed by atoms with Gasteiger partial charge in [0.15, 0.2) is 0 Å². The minimum atomic E-state index is -0.549. The fourth-order valence-electron chi connectivity index (χ4n) is 6.08. The second kappa shape index (κ2) is 10.5. The van der Waals surface area contributed by atoms with E-state index in [-0.39, 0.29) is 5.91 Å². The van der Waals surface area contributed by atoms with Gasteiger partial charge in [-0.2, -0.15) is 0 Å². The Kier molecular flexibility index (Phi) is 7.21. The Hall–Kier alpha value is -2.37. The van der Waals surface area contributed by atoms with Gasteiger partial charge in [0.05, 0.1) is 11.7 Å². The Morgan fingerprint density at radius 3 is 2.59 bits per heavy atom. The molecular weight excluding hydrogens is 422 g/mol. The van der Waals surface area contributed by atoms with Crippen molar-refractivity contribution in [2.75, 3.05) is 44.7 Å². The van der Waals surface area contributed by atoms with Gasteiger partial charge in [0.2, 0.25) is 0 Å². The summed E-state index contributed by atoms with van der Waals surface area (Å²) >= 11 is 0. The summed E-state index contributed by atoms with van der Waals surface area (Å²) in [5, 5.41) is 10.9. The van der Waals surface area contributed by atoms with Crippen LogP contribution in [0.15, 0.2) is 42.5 Å². The molecule has 0 aromatic heterocycles. The Morgan fingerprint density at radius 2 is 1.76 bits per heavy atom. The number of hydrogen-bond donors (Lipinski definition) is 1. The number of anilines is 1. The number of rotatable bonds is 6. The molecule has 5 rings (SSSR count). The Morgan fingerprint density at radius 1 is 0.971 bits per heavy atom. The van der Waals surface area contributed by atoms with Crippen molar-refractivity contribution in [3.8, 4) is 0 Å². The lowest BCUT2D eigenvalue weighted by Crippen LogP contribution is -2.44. The Balaban J connectivity index is 1.22. The molecule has 182 valence electrons. The minimum Gasteiger partial charge on any atom is -0.390 e. The quantitative estimate of drug-likeness (QED) is 0.703. The highest BCUT2D eigenvalue weighted by Crippen LogP contribution is 2.31. The average Bonchev–Trinajstić information content (AvgIpc) is 2.96. The molecule has 2 heterocycles. The lowest BCUT2D eigenvalue weighted by atomic mass is 9.84. The highest BCUT2D eigenvalue weighted by Gasteiger charge is 2.28. The first-order valence-electron chi connectivity index (χ1n) is 13.2. The summed E-state index contributed by atoms with van der Waals surface area (Å²) in [7, 11) is 2.08. The van der Waals surface area contributed by atoms with E-state index in [1.54, 1.807) is 0 Å². The van der Waals surface area contributed by atoms with Crippen molar-refractivity contribution in [2.45, 2.75) is 57.6 Å². The fourth-order valence-corrected chi connectivity index (χ4v) is 6.08. The third-order valence-corrected chi connectivity index (χ3v) is 8.06. The Bertz CT molecular complexity index is 1000. The average molecular weight is 462 g/mol. The second-order valence-electron chi connectivity index (χ2n) is 10.6. The maximum absolute atomic E-state index is 13.4. The van der Waals surface area contributed by atoms with Crippen LogP contribution in [0, 0.1) is 5.92 Å². The topological polar surface area (TPSA) is 47.0 Å². The van der Waals surface area contributed by atoms with E-state index in [1.165, 1.54) is 48.8 Å². The van der Waals surface area contributed by atoms with Gasteiger partial charge in [-0.25, -0.2) is 0 Å². The van der Waals surface area contributed by atoms with Gasteiger partial charge in [-0.15, -0.1) is 0 Å². The first-order chi connectivity index (χ1) is 16.6. The molecule has 2 aromatic carbocycles. The molecule has 1 aliphatic carbocycles. The van der Waals surface area contributed by atoms with E-state index in [0.29, 0.717) is 19.6 Å². The van der Waals surface area contributed by atoms with Gasteiger partial charge in [-0.3, -0.25) is 9.69 Å². The molecule has 0 bridgehead atoms. The van der Waals surface area contributed by atoms with Crippen molar-refractivity contribution in [1.82, 2.24) is 9.80 Å². The number of β-amino-alcohol motifs (C(OH)–C–C–N with tert-alkyl or cyclic N) is 1. The zero-order valence-corrected chi connectivity index (χ0v) is 20.6. The van der Waals surface area contributed by atoms with Crippen molar-refractivity contribution in [3.63, 3.8) is 0 Å². The molecule has 1 amide bonds. The third kappa shape index (κ3) is 5.31. The minimum absolute atomic E-state index is 0.0478. The number of amides is 1. The highest BCUT2D eigenvalue weighted by atomic mass is 16.3. The number of nitrogens with zero attached hydrogens (tertiary/aromatic N) is 3. The predicted octanol–water partition coefficient (Wildman–Crippen LogP) is 4.12. The molecule has 2 aromatic rings.